The molecule has 0 saturated carbocycles. The van der Waals surface area contributed by atoms with Crippen LogP contribution in [0.4, 0.5) is 0 Å². The van der Waals surface area contributed by atoms with Crippen molar-refractivity contribution >= 4 is 33.2 Å². The van der Waals surface area contributed by atoms with Crippen molar-refractivity contribution in [3.05, 3.63) is 51.2 Å². The van der Waals surface area contributed by atoms with E-state index in [0.717, 1.165) is 40.3 Å². The number of benzene rings is 1. The Hall–Kier alpha value is -1.33. The van der Waals surface area contributed by atoms with Crippen molar-refractivity contribution in [3.63, 3.8) is 0 Å². The second-order valence-electron chi connectivity index (χ2n) is 4.67. The number of hydrogen-bond acceptors (Lipinski definition) is 3. The molecule has 1 unspecified atom stereocenters. The predicted octanol–water partition coefficient (Wildman–Crippen LogP) is 3.53. The van der Waals surface area contributed by atoms with Crippen molar-refractivity contribution in [2.45, 2.75) is 11.2 Å². The molecule has 3 rings (SSSR count). The topological polar surface area (TPSA) is 38.3 Å². The van der Waals surface area contributed by atoms with Crippen molar-refractivity contribution in [1.29, 1.82) is 0 Å². The zero-order valence-electron chi connectivity index (χ0n) is 11.0. The van der Waals surface area contributed by atoms with Gasteiger partial charge in [-0.05, 0) is 29.7 Å². The third-order valence-electron chi connectivity index (χ3n) is 3.43. The zero-order valence-corrected chi connectivity index (χ0v) is 13.4. The third-order valence-corrected chi connectivity index (χ3v) is 5.73. The van der Waals surface area contributed by atoms with Crippen molar-refractivity contribution in [2.24, 2.45) is 0 Å². The molecular formula is C15H14BrNO2S. The normalized spacial score (nSPS) is 15.4. The molecule has 0 aliphatic carbocycles. The summed E-state index contributed by atoms with van der Waals surface area (Å²) in [6.07, 6.45) is 0.904. The van der Waals surface area contributed by atoms with E-state index in [9.17, 15) is 4.79 Å². The number of ether oxygens (including phenoxy) is 1. The van der Waals surface area contributed by atoms with Gasteiger partial charge in [0.05, 0.1) is 11.9 Å². The molecule has 1 aromatic carbocycles. The average molecular weight is 352 g/mol. The lowest BCUT2D eigenvalue weighted by molar-refractivity contribution is 0.0946. The standard InChI is InChI=1S/C15H14BrNO2S/c1-19-11-7-13(20-8-11)14(16)10-3-2-9-4-5-17-15(18)12(9)6-10/h2-3,6-8,14H,4-5H2,1H3,(H,17,18). The zero-order chi connectivity index (χ0) is 14.1. The molecule has 2 heterocycles. The summed E-state index contributed by atoms with van der Waals surface area (Å²) in [6, 6.07) is 8.14. The monoisotopic (exact) mass is 351 g/mol. The van der Waals surface area contributed by atoms with Gasteiger partial charge in [-0.15, -0.1) is 11.3 Å². The Kier molecular flexibility index (Phi) is 3.81. The van der Waals surface area contributed by atoms with Crippen molar-refractivity contribution < 1.29 is 9.53 Å². The highest BCUT2D eigenvalue weighted by molar-refractivity contribution is 9.09. The summed E-state index contributed by atoms with van der Waals surface area (Å²) in [4.78, 5) is 13.1. The van der Waals surface area contributed by atoms with Crippen molar-refractivity contribution in [1.82, 2.24) is 5.32 Å². The van der Waals surface area contributed by atoms with Gasteiger partial charge in [-0.3, -0.25) is 4.79 Å². The summed E-state index contributed by atoms with van der Waals surface area (Å²) in [5.74, 6) is 0.890. The number of thiophene rings is 1. The minimum Gasteiger partial charge on any atom is -0.496 e. The Bertz CT molecular complexity index is 653. The van der Waals surface area contributed by atoms with Crippen LogP contribution >= 0.6 is 27.3 Å². The number of methoxy groups -OCH3 is 1. The van der Waals surface area contributed by atoms with Crippen molar-refractivity contribution in [2.75, 3.05) is 13.7 Å². The Balaban J connectivity index is 1.93. The van der Waals surface area contributed by atoms with E-state index in [1.54, 1.807) is 18.4 Å². The Labute approximate surface area is 130 Å². The molecule has 0 spiro atoms. The molecule has 1 aromatic heterocycles. The lowest BCUT2D eigenvalue weighted by atomic mass is 9.96. The van der Waals surface area contributed by atoms with E-state index in [2.05, 4.69) is 33.4 Å². The molecule has 2 aromatic rings. The van der Waals surface area contributed by atoms with E-state index >= 15 is 0 Å². The van der Waals surface area contributed by atoms with Crippen LogP contribution in [-0.4, -0.2) is 19.6 Å². The molecule has 1 N–H and O–H groups in total. The number of nitrogens with one attached hydrogen (secondary N) is 1. The lowest BCUT2D eigenvalue weighted by Gasteiger charge is -2.18. The minimum atomic E-state index is 0.0246. The Morgan fingerprint density at radius 2 is 2.25 bits per heavy atom. The highest BCUT2D eigenvalue weighted by atomic mass is 79.9. The number of hydrogen-bond donors (Lipinski definition) is 1. The molecular weight excluding hydrogens is 338 g/mol. The summed E-state index contributed by atoms with van der Waals surface area (Å²) >= 11 is 5.35. The number of amides is 1. The van der Waals surface area contributed by atoms with Crippen LogP contribution in [0.15, 0.2) is 29.6 Å². The highest BCUT2D eigenvalue weighted by Gasteiger charge is 2.20. The van der Waals surface area contributed by atoms with E-state index in [1.807, 2.05) is 17.5 Å². The first-order valence-electron chi connectivity index (χ1n) is 6.36. The smallest absolute Gasteiger partial charge is 0.251 e. The Morgan fingerprint density at radius 3 is 3.00 bits per heavy atom. The van der Waals surface area contributed by atoms with Gasteiger partial charge >= 0.3 is 0 Å². The van der Waals surface area contributed by atoms with Gasteiger partial charge in [0.25, 0.3) is 5.91 Å². The number of halogens is 1. The van der Waals surface area contributed by atoms with Crippen LogP contribution in [0.25, 0.3) is 0 Å². The molecule has 1 aliphatic heterocycles. The van der Waals surface area contributed by atoms with Gasteiger partial charge < -0.3 is 10.1 Å². The highest BCUT2D eigenvalue weighted by Crippen LogP contribution is 2.37. The number of alkyl halides is 1. The van der Waals surface area contributed by atoms with Gasteiger partial charge in [0.1, 0.15) is 5.75 Å². The van der Waals surface area contributed by atoms with Gasteiger partial charge in [0, 0.05) is 22.4 Å². The average Bonchev–Trinajstić information content (AvgIpc) is 2.95. The maximum Gasteiger partial charge on any atom is 0.251 e. The molecule has 104 valence electrons. The summed E-state index contributed by atoms with van der Waals surface area (Å²) in [6.45, 7) is 0.727. The molecule has 0 radical (unpaired) electrons. The molecule has 3 nitrogen and oxygen atoms in total. The molecule has 1 aliphatic rings. The van der Waals surface area contributed by atoms with E-state index in [-0.39, 0.29) is 10.7 Å². The van der Waals surface area contributed by atoms with Crippen LogP contribution in [0.3, 0.4) is 0 Å². The minimum absolute atomic E-state index is 0.0246. The van der Waals surface area contributed by atoms with Crippen LogP contribution in [0.2, 0.25) is 0 Å². The molecule has 0 saturated heterocycles. The third kappa shape index (κ3) is 2.47. The fourth-order valence-corrected chi connectivity index (χ4v) is 3.92. The molecule has 20 heavy (non-hydrogen) atoms. The van der Waals surface area contributed by atoms with Crippen LogP contribution in [0, 0.1) is 0 Å². The molecule has 5 heteroatoms. The van der Waals surface area contributed by atoms with Gasteiger partial charge in [0.2, 0.25) is 0 Å². The van der Waals surface area contributed by atoms with Crippen LogP contribution in [-0.2, 0) is 6.42 Å². The fraction of sp³-hybridized carbons (Fsp3) is 0.267. The Morgan fingerprint density at radius 1 is 1.40 bits per heavy atom. The van der Waals surface area contributed by atoms with Gasteiger partial charge in [-0.25, -0.2) is 0 Å². The second-order valence-corrected chi connectivity index (χ2v) is 6.53. The summed E-state index contributed by atoms with van der Waals surface area (Å²) in [7, 11) is 1.66. The molecule has 0 bridgehead atoms. The van der Waals surface area contributed by atoms with Gasteiger partial charge in [0.15, 0.2) is 0 Å². The van der Waals surface area contributed by atoms with E-state index in [0.29, 0.717) is 0 Å². The largest absolute Gasteiger partial charge is 0.496 e. The molecule has 1 amide bonds. The quantitative estimate of drug-likeness (QED) is 0.859. The van der Waals surface area contributed by atoms with Crippen molar-refractivity contribution in [3.8, 4) is 5.75 Å². The first-order chi connectivity index (χ1) is 9.69. The number of fused-ring (bicyclic) bond motifs is 1. The van der Waals surface area contributed by atoms with E-state index in [1.165, 1.54) is 0 Å². The van der Waals surface area contributed by atoms with E-state index < -0.39 is 0 Å². The maximum absolute atomic E-state index is 11.9. The summed E-state index contributed by atoms with van der Waals surface area (Å²) < 4.78 is 5.21. The molecule has 1 atom stereocenters. The predicted molar refractivity (Wildman–Crippen MR) is 84.1 cm³/mol. The number of carbonyl (C=O) groups is 1. The second kappa shape index (κ2) is 5.58. The van der Waals surface area contributed by atoms with Gasteiger partial charge in [-0.2, -0.15) is 0 Å². The number of rotatable bonds is 3. The van der Waals surface area contributed by atoms with Gasteiger partial charge in [-0.1, -0.05) is 28.1 Å². The molecule has 0 fully saturated rings. The van der Waals surface area contributed by atoms with Crippen LogP contribution in [0.5, 0.6) is 5.75 Å². The van der Waals surface area contributed by atoms with E-state index in [4.69, 9.17) is 4.74 Å². The summed E-state index contributed by atoms with van der Waals surface area (Å²) in [5.41, 5.74) is 3.01. The summed E-state index contributed by atoms with van der Waals surface area (Å²) in [5, 5.41) is 4.87. The first-order valence-corrected chi connectivity index (χ1v) is 8.16. The van der Waals surface area contributed by atoms with Crippen LogP contribution in [0.1, 0.15) is 31.2 Å². The first kappa shape index (κ1) is 13.6. The lowest BCUT2D eigenvalue weighted by Crippen LogP contribution is -2.31. The fourth-order valence-electron chi connectivity index (χ4n) is 2.33. The maximum atomic E-state index is 11.9. The SMILES string of the molecule is COc1csc(C(Br)c2ccc3c(c2)C(=O)NCC3)c1. The van der Waals surface area contributed by atoms with Crippen LogP contribution < -0.4 is 10.1 Å². The number of carbonyl (C=O) groups excluding carboxylic acids is 1.